The van der Waals surface area contributed by atoms with Gasteiger partial charge in [-0.05, 0) is 45.0 Å². The van der Waals surface area contributed by atoms with Gasteiger partial charge in [-0.1, -0.05) is 0 Å². The molecule has 1 aliphatic heterocycles. The quantitative estimate of drug-likeness (QED) is 0.854. The number of methoxy groups -OCH3 is 1. The molecule has 118 valence electrons. The van der Waals surface area contributed by atoms with E-state index >= 15 is 0 Å². The van der Waals surface area contributed by atoms with Crippen LogP contribution in [0, 0.1) is 0 Å². The van der Waals surface area contributed by atoms with Gasteiger partial charge in [0.05, 0.1) is 12.0 Å². The van der Waals surface area contributed by atoms with Crippen LogP contribution in [0.3, 0.4) is 0 Å². The molecule has 0 N–H and O–H groups in total. The summed E-state index contributed by atoms with van der Waals surface area (Å²) < 4.78 is 31.8. The van der Waals surface area contributed by atoms with Crippen molar-refractivity contribution in [3.05, 3.63) is 24.3 Å². The number of hydrogen-bond acceptors (Lipinski definition) is 4. The number of benzene rings is 1. The highest BCUT2D eigenvalue weighted by atomic mass is 32.2. The Bertz CT molecular complexity index is 568. The molecule has 6 heteroatoms. The zero-order chi connectivity index (χ0) is 15.7. The van der Waals surface area contributed by atoms with Gasteiger partial charge in [-0.2, -0.15) is 4.31 Å². The Labute approximate surface area is 127 Å². The molecule has 2 rings (SSSR count). The van der Waals surface area contributed by atoms with Crippen LogP contribution in [0.4, 0.5) is 0 Å². The molecule has 1 heterocycles. The van der Waals surface area contributed by atoms with Gasteiger partial charge in [0.25, 0.3) is 0 Å². The van der Waals surface area contributed by atoms with Gasteiger partial charge in [-0.3, -0.25) is 4.90 Å². The topological polar surface area (TPSA) is 49.9 Å². The molecule has 0 atom stereocenters. The van der Waals surface area contributed by atoms with Crippen molar-refractivity contribution in [2.24, 2.45) is 0 Å². The van der Waals surface area contributed by atoms with Crippen LogP contribution in [0.2, 0.25) is 0 Å². The average Bonchev–Trinajstić information content (AvgIpc) is 2.46. The smallest absolute Gasteiger partial charge is 0.243 e. The molecule has 0 unspecified atom stereocenters. The van der Waals surface area contributed by atoms with E-state index in [1.807, 2.05) is 0 Å². The average molecular weight is 312 g/mol. The predicted molar refractivity (Wildman–Crippen MR) is 83.1 cm³/mol. The Morgan fingerprint density at radius 2 is 1.52 bits per heavy atom. The maximum absolute atomic E-state index is 12.6. The molecule has 0 spiro atoms. The summed E-state index contributed by atoms with van der Waals surface area (Å²) in [5.74, 6) is 0.659. The second kappa shape index (κ2) is 5.94. The predicted octanol–water partition coefficient (Wildman–Crippen LogP) is 1.80. The van der Waals surface area contributed by atoms with Gasteiger partial charge in [0.1, 0.15) is 5.75 Å². The number of hydrogen-bond donors (Lipinski definition) is 0. The van der Waals surface area contributed by atoms with Crippen LogP contribution in [0.1, 0.15) is 20.8 Å². The molecule has 1 fully saturated rings. The third-order valence-electron chi connectivity index (χ3n) is 3.88. The van der Waals surface area contributed by atoms with Crippen molar-refractivity contribution in [3.8, 4) is 5.75 Å². The molecule has 1 aliphatic rings. The highest BCUT2D eigenvalue weighted by Crippen LogP contribution is 2.22. The van der Waals surface area contributed by atoms with E-state index < -0.39 is 10.0 Å². The van der Waals surface area contributed by atoms with E-state index in [0.29, 0.717) is 23.7 Å². The molecular weight excluding hydrogens is 288 g/mol. The molecular formula is C15H24N2O3S. The number of ether oxygens (including phenoxy) is 1. The van der Waals surface area contributed by atoms with E-state index in [9.17, 15) is 8.42 Å². The second-order valence-corrected chi connectivity index (χ2v) is 8.18. The summed E-state index contributed by atoms with van der Waals surface area (Å²) in [6.45, 7) is 9.05. The zero-order valence-corrected chi connectivity index (χ0v) is 14.0. The largest absolute Gasteiger partial charge is 0.497 e. The fourth-order valence-corrected chi connectivity index (χ4v) is 3.92. The summed E-state index contributed by atoms with van der Waals surface area (Å²) in [5, 5.41) is 0. The van der Waals surface area contributed by atoms with Crippen molar-refractivity contribution >= 4 is 10.0 Å². The first-order valence-corrected chi connectivity index (χ1v) is 8.58. The highest BCUT2D eigenvalue weighted by molar-refractivity contribution is 7.89. The van der Waals surface area contributed by atoms with E-state index in [0.717, 1.165) is 13.1 Å². The van der Waals surface area contributed by atoms with Crippen LogP contribution in [-0.2, 0) is 10.0 Å². The first-order valence-electron chi connectivity index (χ1n) is 7.14. The molecule has 0 aromatic heterocycles. The van der Waals surface area contributed by atoms with E-state index in [-0.39, 0.29) is 5.54 Å². The third kappa shape index (κ3) is 3.56. The van der Waals surface area contributed by atoms with Crippen LogP contribution in [0.5, 0.6) is 5.75 Å². The minimum atomic E-state index is -3.40. The Balaban J connectivity index is 2.11. The number of sulfonamides is 1. The normalized spacial score (nSPS) is 18.7. The molecule has 21 heavy (non-hydrogen) atoms. The highest BCUT2D eigenvalue weighted by Gasteiger charge is 2.32. The Hall–Kier alpha value is -1.11. The van der Waals surface area contributed by atoms with E-state index in [4.69, 9.17) is 4.74 Å². The van der Waals surface area contributed by atoms with Crippen LogP contribution in [0.25, 0.3) is 0 Å². The van der Waals surface area contributed by atoms with Crippen LogP contribution < -0.4 is 4.74 Å². The lowest BCUT2D eigenvalue weighted by atomic mass is 10.1. The van der Waals surface area contributed by atoms with Gasteiger partial charge in [0.2, 0.25) is 10.0 Å². The van der Waals surface area contributed by atoms with Gasteiger partial charge in [0.15, 0.2) is 0 Å². The lowest BCUT2D eigenvalue weighted by Gasteiger charge is -2.41. The summed E-state index contributed by atoms with van der Waals surface area (Å²) in [6, 6.07) is 6.56. The van der Waals surface area contributed by atoms with E-state index in [1.165, 1.54) is 0 Å². The molecule has 0 saturated carbocycles. The Kier molecular flexibility index (Phi) is 4.60. The maximum Gasteiger partial charge on any atom is 0.243 e. The van der Waals surface area contributed by atoms with Crippen molar-refractivity contribution in [1.29, 1.82) is 0 Å². The molecule has 0 radical (unpaired) electrons. The van der Waals surface area contributed by atoms with Gasteiger partial charge >= 0.3 is 0 Å². The molecule has 0 bridgehead atoms. The SMILES string of the molecule is COc1ccc(S(=O)(=O)N2CCN(C(C)(C)C)CC2)cc1. The van der Waals surface area contributed by atoms with Crippen molar-refractivity contribution < 1.29 is 13.2 Å². The van der Waals surface area contributed by atoms with Crippen LogP contribution >= 0.6 is 0 Å². The van der Waals surface area contributed by atoms with Crippen molar-refractivity contribution in [2.45, 2.75) is 31.2 Å². The van der Waals surface area contributed by atoms with Crippen LogP contribution in [0.15, 0.2) is 29.2 Å². The summed E-state index contributed by atoms with van der Waals surface area (Å²) in [7, 11) is -1.84. The van der Waals surface area contributed by atoms with Crippen molar-refractivity contribution in [1.82, 2.24) is 9.21 Å². The van der Waals surface area contributed by atoms with Gasteiger partial charge < -0.3 is 4.74 Å². The fraction of sp³-hybridized carbons (Fsp3) is 0.600. The molecule has 1 aromatic carbocycles. The van der Waals surface area contributed by atoms with Crippen molar-refractivity contribution in [2.75, 3.05) is 33.3 Å². The van der Waals surface area contributed by atoms with Crippen molar-refractivity contribution in [3.63, 3.8) is 0 Å². The van der Waals surface area contributed by atoms with Gasteiger partial charge in [-0.15, -0.1) is 0 Å². The fourth-order valence-electron chi connectivity index (χ4n) is 2.50. The molecule has 0 amide bonds. The first kappa shape index (κ1) is 16.3. The minimum Gasteiger partial charge on any atom is -0.497 e. The summed E-state index contributed by atoms with van der Waals surface area (Å²) >= 11 is 0. The summed E-state index contributed by atoms with van der Waals surface area (Å²) in [5.41, 5.74) is 0.0793. The van der Waals surface area contributed by atoms with Gasteiger partial charge in [0, 0.05) is 31.7 Å². The number of nitrogens with zero attached hydrogens (tertiary/aromatic N) is 2. The number of rotatable bonds is 3. The zero-order valence-electron chi connectivity index (χ0n) is 13.2. The standard InChI is InChI=1S/C15H24N2O3S/c1-15(2,3)16-9-11-17(12-10-16)21(18,19)14-7-5-13(20-4)6-8-14/h5-8H,9-12H2,1-4H3. The third-order valence-corrected chi connectivity index (χ3v) is 5.80. The Morgan fingerprint density at radius 3 is 1.95 bits per heavy atom. The molecule has 1 aromatic rings. The van der Waals surface area contributed by atoms with E-state index in [1.54, 1.807) is 35.7 Å². The first-order chi connectivity index (χ1) is 9.75. The molecule has 5 nitrogen and oxygen atoms in total. The second-order valence-electron chi connectivity index (χ2n) is 6.24. The van der Waals surface area contributed by atoms with Crippen LogP contribution in [-0.4, -0.2) is 56.5 Å². The molecule has 1 saturated heterocycles. The minimum absolute atomic E-state index is 0.0793. The summed E-state index contributed by atoms with van der Waals surface area (Å²) in [4.78, 5) is 2.64. The Morgan fingerprint density at radius 1 is 1.00 bits per heavy atom. The van der Waals surface area contributed by atoms with Gasteiger partial charge in [-0.25, -0.2) is 8.42 Å². The lowest BCUT2D eigenvalue weighted by Crippen LogP contribution is -2.54. The summed E-state index contributed by atoms with van der Waals surface area (Å²) in [6.07, 6.45) is 0. The lowest BCUT2D eigenvalue weighted by molar-refractivity contribution is 0.0922. The monoisotopic (exact) mass is 312 g/mol. The maximum atomic E-state index is 12.6. The molecule has 0 aliphatic carbocycles. The number of piperazine rings is 1. The van der Waals surface area contributed by atoms with E-state index in [2.05, 4.69) is 25.7 Å².